The minimum absolute atomic E-state index is 0.0763. The number of benzene rings is 2. The van der Waals surface area contributed by atoms with Gasteiger partial charge in [-0.2, -0.15) is 4.31 Å². The fourth-order valence-corrected chi connectivity index (χ4v) is 4.44. The lowest BCUT2D eigenvalue weighted by Crippen LogP contribution is -2.39. The molecule has 0 fully saturated rings. The minimum Gasteiger partial charge on any atom is -0.355 e. The quantitative estimate of drug-likeness (QED) is 0.722. The van der Waals surface area contributed by atoms with E-state index in [0.717, 1.165) is 21.0 Å². The Morgan fingerprint density at radius 3 is 2.72 bits per heavy atom. The molecule has 29 heavy (non-hydrogen) atoms. The van der Waals surface area contributed by atoms with Crippen LogP contribution in [0.5, 0.6) is 0 Å². The standard InChI is InChI=1S/C21H25N3O4S/c1-15-4-3-5-16(12-15)10-11-22-21(26)14-24(2)29(27,28)18-7-8-19-17(13-18)6-9-20(25)23-19/h3-5,7-8,12-13H,6,9-11,14H2,1-2H3,(H,22,26)(H,23,25). The van der Waals surface area contributed by atoms with Gasteiger partial charge in [-0.05, 0) is 49.1 Å². The van der Waals surface area contributed by atoms with Crippen LogP contribution in [0.15, 0.2) is 47.4 Å². The molecule has 1 aliphatic rings. The maximum absolute atomic E-state index is 12.8. The molecule has 0 atom stereocenters. The lowest BCUT2D eigenvalue weighted by molar-refractivity contribution is -0.121. The van der Waals surface area contributed by atoms with Crippen LogP contribution in [-0.4, -0.2) is 44.7 Å². The van der Waals surface area contributed by atoms with Gasteiger partial charge in [-0.25, -0.2) is 8.42 Å². The van der Waals surface area contributed by atoms with Crippen LogP contribution in [0.25, 0.3) is 0 Å². The summed E-state index contributed by atoms with van der Waals surface area (Å²) in [5, 5.41) is 5.50. The van der Waals surface area contributed by atoms with Crippen molar-refractivity contribution >= 4 is 27.5 Å². The van der Waals surface area contributed by atoms with Crippen LogP contribution in [0.2, 0.25) is 0 Å². The average Bonchev–Trinajstić information content (AvgIpc) is 2.67. The van der Waals surface area contributed by atoms with Crippen LogP contribution in [0.4, 0.5) is 5.69 Å². The third kappa shape index (κ3) is 5.21. The van der Waals surface area contributed by atoms with Crippen LogP contribution in [0.1, 0.15) is 23.1 Å². The normalized spacial score (nSPS) is 13.7. The molecule has 0 bridgehead atoms. The molecule has 0 spiro atoms. The summed E-state index contributed by atoms with van der Waals surface area (Å²) in [6, 6.07) is 12.6. The van der Waals surface area contributed by atoms with Crippen LogP contribution in [0.3, 0.4) is 0 Å². The first-order chi connectivity index (χ1) is 13.8. The number of aryl methyl sites for hydroxylation is 2. The van der Waals surface area contributed by atoms with Gasteiger partial charge in [0.2, 0.25) is 21.8 Å². The van der Waals surface area contributed by atoms with E-state index in [1.54, 1.807) is 12.1 Å². The molecule has 8 heteroatoms. The van der Waals surface area contributed by atoms with Gasteiger partial charge in [-0.15, -0.1) is 0 Å². The van der Waals surface area contributed by atoms with E-state index in [9.17, 15) is 18.0 Å². The summed E-state index contributed by atoms with van der Waals surface area (Å²) in [6.07, 6.45) is 1.50. The summed E-state index contributed by atoms with van der Waals surface area (Å²) in [5.41, 5.74) is 3.69. The molecule has 1 heterocycles. The van der Waals surface area contributed by atoms with E-state index in [1.807, 2.05) is 25.1 Å². The Morgan fingerprint density at radius 2 is 1.97 bits per heavy atom. The highest BCUT2D eigenvalue weighted by Crippen LogP contribution is 2.26. The highest BCUT2D eigenvalue weighted by molar-refractivity contribution is 7.89. The summed E-state index contributed by atoms with van der Waals surface area (Å²) in [5.74, 6) is -0.429. The van der Waals surface area contributed by atoms with Gasteiger partial charge in [-0.1, -0.05) is 29.8 Å². The third-order valence-electron chi connectivity index (χ3n) is 4.86. The second-order valence-electron chi connectivity index (χ2n) is 7.22. The van der Waals surface area contributed by atoms with Crippen molar-refractivity contribution in [1.82, 2.24) is 9.62 Å². The number of nitrogens with zero attached hydrogens (tertiary/aromatic N) is 1. The largest absolute Gasteiger partial charge is 0.355 e. The summed E-state index contributed by atoms with van der Waals surface area (Å²) >= 11 is 0. The molecular formula is C21H25N3O4S. The van der Waals surface area contributed by atoms with E-state index >= 15 is 0 Å². The smallest absolute Gasteiger partial charge is 0.243 e. The van der Waals surface area contributed by atoms with Gasteiger partial charge in [0.1, 0.15) is 0 Å². The topological polar surface area (TPSA) is 95.6 Å². The molecule has 0 aliphatic carbocycles. The Labute approximate surface area is 171 Å². The van der Waals surface area contributed by atoms with Gasteiger partial charge in [0.15, 0.2) is 0 Å². The zero-order valence-electron chi connectivity index (χ0n) is 16.6. The second-order valence-corrected chi connectivity index (χ2v) is 9.26. The highest BCUT2D eigenvalue weighted by Gasteiger charge is 2.25. The first-order valence-corrected chi connectivity index (χ1v) is 10.9. The van der Waals surface area contributed by atoms with Gasteiger partial charge in [0, 0.05) is 25.7 Å². The van der Waals surface area contributed by atoms with E-state index in [4.69, 9.17) is 0 Å². The van der Waals surface area contributed by atoms with Gasteiger partial charge in [0.05, 0.1) is 11.4 Å². The molecule has 0 saturated heterocycles. The first-order valence-electron chi connectivity index (χ1n) is 9.47. The highest BCUT2D eigenvalue weighted by atomic mass is 32.2. The van der Waals surface area contributed by atoms with E-state index in [2.05, 4.69) is 16.7 Å². The van der Waals surface area contributed by atoms with E-state index in [1.165, 1.54) is 13.1 Å². The molecule has 154 valence electrons. The van der Waals surface area contributed by atoms with Crippen LogP contribution >= 0.6 is 0 Å². The number of carbonyl (C=O) groups excluding carboxylic acids is 2. The van der Waals surface area contributed by atoms with Crippen molar-refractivity contribution in [3.63, 3.8) is 0 Å². The minimum atomic E-state index is -3.80. The van der Waals surface area contributed by atoms with Crippen molar-refractivity contribution in [1.29, 1.82) is 0 Å². The van der Waals surface area contributed by atoms with Crippen LogP contribution in [0, 0.1) is 6.92 Å². The lowest BCUT2D eigenvalue weighted by Gasteiger charge is -2.20. The van der Waals surface area contributed by atoms with E-state index < -0.39 is 10.0 Å². The number of likely N-dealkylation sites (N-methyl/N-ethyl adjacent to an activating group) is 1. The van der Waals surface area contributed by atoms with Crippen LogP contribution in [-0.2, 0) is 32.5 Å². The van der Waals surface area contributed by atoms with E-state index in [-0.39, 0.29) is 23.3 Å². The number of anilines is 1. The fraction of sp³-hybridized carbons (Fsp3) is 0.333. The predicted octanol–water partition coefficient (Wildman–Crippen LogP) is 1.86. The zero-order valence-corrected chi connectivity index (χ0v) is 17.4. The van der Waals surface area contributed by atoms with Gasteiger partial charge in [0.25, 0.3) is 0 Å². The molecule has 0 aromatic heterocycles. The van der Waals surface area contributed by atoms with Gasteiger partial charge >= 0.3 is 0 Å². The zero-order chi connectivity index (χ0) is 21.0. The number of carbonyl (C=O) groups is 2. The molecule has 2 aromatic carbocycles. The Bertz CT molecular complexity index is 1030. The number of amides is 2. The van der Waals surface area contributed by atoms with Gasteiger partial charge in [-0.3, -0.25) is 9.59 Å². The van der Waals surface area contributed by atoms with Gasteiger partial charge < -0.3 is 10.6 Å². The molecule has 2 N–H and O–H groups in total. The summed E-state index contributed by atoms with van der Waals surface area (Å²) < 4.78 is 26.7. The van der Waals surface area contributed by atoms with Crippen molar-refractivity contribution in [2.24, 2.45) is 0 Å². The number of sulfonamides is 1. The van der Waals surface area contributed by atoms with Crippen molar-refractivity contribution in [2.45, 2.75) is 31.1 Å². The molecule has 7 nitrogen and oxygen atoms in total. The Hall–Kier alpha value is -2.71. The van der Waals surface area contributed by atoms with Crippen molar-refractivity contribution in [3.8, 4) is 0 Å². The summed E-state index contributed by atoms with van der Waals surface area (Å²) in [4.78, 5) is 23.8. The number of rotatable bonds is 7. The number of hydrogen-bond acceptors (Lipinski definition) is 4. The second kappa shape index (κ2) is 8.75. The van der Waals surface area contributed by atoms with Crippen LogP contribution < -0.4 is 10.6 Å². The molecular weight excluding hydrogens is 390 g/mol. The first kappa shape index (κ1) is 21.0. The molecule has 0 radical (unpaired) electrons. The Kier molecular flexibility index (Phi) is 6.34. The maximum Gasteiger partial charge on any atom is 0.243 e. The predicted molar refractivity (Wildman–Crippen MR) is 111 cm³/mol. The summed E-state index contributed by atoms with van der Waals surface area (Å²) in [6.45, 7) is 2.19. The molecule has 1 aliphatic heterocycles. The Balaban J connectivity index is 1.58. The molecule has 3 rings (SSSR count). The van der Waals surface area contributed by atoms with E-state index in [0.29, 0.717) is 31.5 Å². The number of nitrogens with one attached hydrogen (secondary N) is 2. The molecule has 2 amide bonds. The molecule has 0 saturated carbocycles. The Morgan fingerprint density at radius 1 is 1.17 bits per heavy atom. The monoisotopic (exact) mass is 415 g/mol. The lowest BCUT2D eigenvalue weighted by atomic mass is 10.0. The third-order valence-corrected chi connectivity index (χ3v) is 6.66. The summed E-state index contributed by atoms with van der Waals surface area (Å²) in [7, 11) is -2.42. The molecule has 2 aromatic rings. The number of hydrogen-bond donors (Lipinski definition) is 2. The SMILES string of the molecule is Cc1cccc(CCNC(=O)CN(C)S(=O)(=O)c2ccc3c(c2)CCC(=O)N3)c1. The fourth-order valence-electron chi connectivity index (χ4n) is 3.26. The van der Waals surface area contributed by atoms with Crippen molar-refractivity contribution in [3.05, 3.63) is 59.2 Å². The average molecular weight is 416 g/mol. The van der Waals surface area contributed by atoms with Crippen molar-refractivity contribution in [2.75, 3.05) is 25.5 Å². The number of fused-ring (bicyclic) bond motifs is 1. The van der Waals surface area contributed by atoms with Crippen molar-refractivity contribution < 1.29 is 18.0 Å². The molecule has 0 unspecified atom stereocenters. The maximum atomic E-state index is 12.8.